The number of urea groups is 1. The Labute approximate surface area is 116 Å². The van der Waals surface area contributed by atoms with E-state index in [1.54, 1.807) is 9.88 Å². The quantitative estimate of drug-likeness (QED) is 0.911. The Bertz CT molecular complexity index is 687. The Morgan fingerprint density at radius 3 is 2.75 bits per heavy atom. The minimum absolute atomic E-state index is 0.383. The lowest BCUT2D eigenvalue weighted by Gasteiger charge is -2.05. The number of aryl methyl sites for hydroxylation is 1. The number of hydrogen-bond acceptors (Lipinski definition) is 2. The molecule has 0 spiro atoms. The summed E-state index contributed by atoms with van der Waals surface area (Å²) in [5, 5.41) is 1.73. The van der Waals surface area contributed by atoms with Crippen molar-refractivity contribution in [2.24, 2.45) is 4.99 Å². The lowest BCUT2D eigenvalue weighted by molar-refractivity contribution is -0.122. The van der Waals surface area contributed by atoms with Crippen LogP contribution in [0.1, 0.15) is 6.92 Å². The molecule has 0 fully saturated rings. The molecule has 0 radical (unpaired) electrons. The van der Waals surface area contributed by atoms with Gasteiger partial charge in [0, 0.05) is 6.54 Å². The minimum atomic E-state index is -4.44. The number of rotatable bonds is 2. The summed E-state index contributed by atoms with van der Waals surface area (Å²) in [6.07, 6.45) is -4.44. The van der Waals surface area contributed by atoms with Gasteiger partial charge in [0.05, 0.1) is 10.2 Å². The van der Waals surface area contributed by atoms with Gasteiger partial charge in [0.2, 0.25) is 0 Å². The standard InChI is InChI=1S/C12H12F3N3OS/c1-2-18-8-5-3-4-6-9(8)20-11(18)17-10(19)16-7-12(13,14)15/h3-6H,2,7H2,1H3,(H,16,19). The van der Waals surface area contributed by atoms with E-state index >= 15 is 0 Å². The molecule has 108 valence electrons. The molecule has 0 atom stereocenters. The monoisotopic (exact) mass is 303 g/mol. The largest absolute Gasteiger partial charge is 0.405 e. The third kappa shape index (κ3) is 3.38. The number of aromatic nitrogens is 1. The average molecular weight is 303 g/mol. The lowest BCUT2D eigenvalue weighted by atomic mass is 10.3. The normalized spacial score (nSPS) is 12.9. The zero-order valence-electron chi connectivity index (χ0n) is 10.6. The minimum Gasteiger partial charge on any atom is -0.327 e. The highest BCUT2D eigenvalue weighted by Crippen LogP contribution is 2.16. The van der Waals surface area contributed by atoms with Gasteiger partial charge in [-0.2, -0.15) is 18.2 Å². The summed E-state index contributed by atoms with van der Waals surface area (Å²) in [6.45, 7) is 1.08. The van der Waals surface area contributed by atoms with Gasteiger partial charge in [-0.05, 0) is 19.1 Å². The SMILES string of the molecule is CCn1c(=NC(=O)NCC(F)(F)F)sc2ccccc21. The summed E-state index contributed by atoms with van der Waals surface area (Å²) in [4.78, 5) is 15.5. The molecule has 0 saturated carbocycles. The maximum absolute atomic E-state index is 12.0. The number of nitrogens with one attached hydrogen (secondary N) is 1. The first-order valence-electron chi connectivity index (χ1n) is 5.88. The van der Waals surface area contributed by atoms with E-state index in [0.717, 1.165) is 10.2 Å². The average Bonchev–Trinajstić information content (AvgIpc) is 2.72. The van der Waals surface area contributed by atoms with E-state index in [4.69, 9.17) is 0 Å². The number of thiazole rings is 1. The summed E-state index contributed by atoms with van der Waals surface area (Å²) < 4.78 is 38.7. The number of alkyl halides is 3. The van der Waals surface area contributed by atoms with Crippen LogP contribution in [-0.2, 0) is 6.54 Å². The van der Waals surface area contributed by atoms with E-state index in [2.05, 4.69) is 4.99 Å². The number of fused-ring (bicyclic) bond motifs is 1. The van der Waals surface area contributed by atoms with E-state index in [0.29, 0.717) is 11.3 Å². The predicted molar refractivity (Wildman–Crippen MR) is 70.5 cm³/mol. The highest BCUT2D eigenvalue weighted by atomic mass is 32.1. The number of carbonyl (C=O) groups excluding carboxylic acids is 1. The van der Waals surface area contributed by atoms with Gasteiger partial charge >= 0.3 is 12.2 Å². The lowest BCUT2D eigenvalue weighted by Crippen LogP contribution is -2.33. The van der Waals surface area contributed by atoms with Crippen LogP contribution in [0.2, 0.25) is 0 Å². The van der Waals surface area contributed by atoms with E-state index in [1.165, 1.54) is 11.3 Å². The van der Waals surface area contributed by atoms with Gasteiger partial charge in [-0.3, -0.25) is 0 Å². The van der Waals surface area contributed by atoms with Crippen molar-refractivity contribution in [2.75, 3.05) is 6.54 Å². The van der Waals surface area contributed by atoms with Crippen molar-refractivity contribution in [3.05, 3.63) is 29.1 Å². The molecule has 0 aliphatic rings. The topological polar surface area (TPSA) is 46.4 Å². The maximum atomic E-state index is 12.0. The summed E-state index contributed by atoms with van der Waals surface area (Å²) in [5.41, 5.74) is 0.905. The molecule has 0 saturated heterocycles. The number of halogens is 3. The molecule has 4 nitrogen and oxygen atoms in total. The van der Waals surface area contributed by atoms with E-state index in [9.17, 15) is 18.0 Å². The second-order valence-corrected chi connectivity index (χ2v) is 4.99. The molecule has 1 N–H and O–H groups in total. The molecule has 0 aliphatic carbocycles. The molecule has 1 heterocycles. The van der Waals surface area contributed by atoms with Crippen LogP contribution in [0, 0.1) is 0 Å². The fraction of sp³-hybridized carbons (Fsp3) is 0.333. The van der Waals surface area contributed by atoms with Crippen LogP contribution in [0.4, 0.5) is 18.0 Å². The molecule has 1 aromatic carbocycles. The van der Waals surface area contributed by atoms with Gasteiger partial charge in [-0.25, -0.2) is 4.79 Å². The van der Waals surface area contributed by atoms with Crippen LogP contribution in [0.5, 0.6) is 0 Å². The summed E-state index contributed by atoms with van der Waals surface area (Å²) >= 11 is 1.26. The van der Waals surface area contributed by atoms with Crippen molar-refractivity contribution in [3.8, 4) is 0 Å². The Kier molecular flexibility index (Phi) is 4.12. The molecular formula is C12H12F3N3OS. The Balaban J connectivity index is 2.32. The fourth-order valence-electron chi connectivity index (χ4n) is 1.71. The van der Waals surface area contributed by atoms with Gasteiger partial charge in [0.15, 0.2) is 4.80 Å². The van der Waals surface area contributed by atoms with Crippen molar-refractivity contribution in [1.82, 2.24) is 9.88 Å². The molecule has 0 aliphatic heterocycles. The molecule has 0 bridgehead atoms. The van der Waals surface area contributed by atoms with Crippen molar-refractivity contribution in [2.45, 2.75) is 19.6 Å². The molecule has 1 aromatic heterocycles. The van der Waals surface area contributed by atoms with Crippen LogP contribution >= 0.6 is 11.3 Å². The van der Waals surface area contributed by atoms with Crippen LogP contribution in [0.25, 0.3) is 10.2 Å². The number of hydrogen-bond donors (Lipinski definition) is 1. The first-order valence-corrected chi connectivity index (χ1v) is 6.70. The van der Waals surface area contributed by atoms with Gasteiger partial charge in [-0.1, -0.05) is 23.5 Å². The van der Waals surface area contributed by atoms with Crippen LogP contribution < -0.4 is 10.1 Å². The number of nitrogens with zero attached hydrogens (tertiary/aromatic N) is 2. The second kappa shape index (κ2) is 5.66. The first-order chi connectivity index (χ1) is 9.40. The molecule has 0 unspecified atom stereocenters. The summed E-state index contributed by atoms with van der Waals surface area (Å²) in [7, 11) is 0. The molecule has 2 amide bonds. The Hall–Kier alpha value is -1.83. The van der Waals surface area contributed by atoms with Crippen molar-refractivity contribution >= 4 is 27.6 Å². The fourth-order valence-corrected chi connectivity index (χ4v) is 2.81. The smallest absolute Gasteiger partial charge is 0.327 e. The molecular weight excluding hydrogens is 291 g/mol. The van der Waals surface area contributed by atoms with Gasteiger partial charge in [0.25, 0.3) is 0 Å². The van der Waals surface area contributed by atoms with Gasteiger partial charge in [0.1, 0.15) is 6.54 Å². The van der Waals surface area contributed by atoms with Crippen molar-refractivity contribution in [3.63, 3.8) is 0 Å². The number of carbonyl (C=O) groups is 1. The van der Waals surface area contributed by atoms with Gasteiger partial charge < -0.3 is 9.88 Å². The van der Waals surface area contributed by atoms with Crippen molar-refractivity contribution in [1.29, 1.82) is 0 Å². The molecule has 20 heavy (non-hydrogen) atoms. The van der Waals surface area contributed by atoms with Crippen LogP contribution in [-0.4, -0.2) is 23.3 Å². The second-order valence-electron chi connectivity index (χ2n) is 3.98. The van der Waals surface area contributed by atoms with Gasteiger partial charge in [-0.15, -0.1) is 0 Å². The third-order valence-electron chi connectivity index (χ3n) is 2.54. The third-order valence-corrected chi connectivity index (χ3v) is 3.60. The van der Waals surface area contributed by atoms with E-state index in [-0.39, 0.29) is 0 Å². The van der Waals surface area contributed by atoms with E-state index in [1.807, 2.05) is 31.2 Å². The molecule has 2 aromatic rings. The zero-order valence-corrected chi connectivity index (χ0v) is 11.4. The number of amides is 2. The number of para-hydroxylation sites is 1. The highest BCUT2D eigenvalue weighted by molar-refractivity contribution is 7.16. The number of benzene rings is 1. The Morgan fingerprint density at radius 1 is 1.40 bits per heavy atom. The molecule has 8 heteroatoms. The van der Waals surface area contributed by atoms with Crippen LogP contribution in [0.15, 0.2) is 29.3 Å². The van der Waals surface area contributed by atoms with Crippen molar-refractivity contribution < 1.29 is 18.0 Å². The summed E-state index contributed by atoms with van der Waals surface area (Å²) in [5.74, 6) is 0. The van der Waals surface area contributed by atoms with E-state index < -0.39 is 18.8 Å². The Morgan fingerprint density at radius 2 is 2.10 bits per heavy atom. The predicted octanol–water partition coefficient (Wildman–Crippen LogP) is 2.90. The first kappa shape index (κ1) is 14.6. The summed E-state index contributed by atoms with van der Waals surface area (Å²) in [6, 6.07) is 6.47. The highest BCUT2D eigenvalue weighted by Gasteiger charge is 2.27. The molecule has 2 rings (SSSR count). The van der Waals surface area contributed by atoms with Crippen LogP contribution in [0.3, 0.4) is 0 Å². The maximum Gasteiger partial charge on any atom is 0.405 e. The zero-order chi connectivity index (χ0) is 14.8.